The van der Waals surface area contributed by atoms with Gasteiger partial charge in [0, 0.05) is 4.90 Å². The molecule has 0 aliphatic rings. The van der Waals surface area contributed by atoms with Gasteiger partial charge >= 0.3 is 5.97 Å². The fraction of sp³-hybridized carbons (Fsp3) is 0.357. The second kappa shape index (κ2) is 6.56. The molecule has 1 aromatic heterocycles. The smallest absolute Gasteiger partial charge is 0.358 e. The normalized spacial score (nSPS) is 10.7. The minimum atomic E-state index is -1.02. The highest BCUT2D eigenvalue weighted by Gasteiger charge is 2.19. The predicted octanol–water partition coefficient (Wildman–Crippen LogP) is 3.03. The Morgan fingerprint density at radius 1 is 1.45 bits per heavy atom. The third-order valence-electron chi connectivity index (χ3n) is 3.03. The fourth-order valence-corrected chi connectivity index (χ4v) is 2.44. The zero-order valence-electron chi connectivity index (χ0n) is 11.5. The van der Waals surface area contributed by atoms with E-state index < -0.39 is 5.97 Å². The van der Waals surface area contributed by atoms with Crippen molar-refractivity contribution in [2.45, 2.75) is 31.1 Å². The van der Waals surface area contributed by atoms with Crippen molar-refractivity contribution < 1.29 is 9.90 Å². The van der Waals surface area contributed by atoms with Crippen molar-refractivity contribution >= 4 is 17.7 Å². The number of hydrogen-bond donors (Lipinski definition) is 1. The third-order valence-corrected chi connectivity index (χ3v) is 3.76. The molecule has 0 fully saturated rings. The third kappa shape index (κ3) is 3.01. The van der Waals surface area contributed by atoms with E-state index in [-0.39, 0.29) is 5.69 Å². The van der Waals surface area contributed by atoms with Gasteiger partial charge in [-0.2, -0.15) is 0 Å². The molecule has 5 nitrogen and oxygen atoms in total. The van der Waals surface area contributed by atoms with Crippen LogP contribution in [0.25, 0.3) is 5.69 Å². The van der Waals surface area contributed by atoms with Gasteiger partial charge in [-0.3, -0.25) is 0 Å². The molecule has 1 heterocycles. The first kappa shape index (κ1) is 14.6. The molecule has 0 unspecified atom stereocenters. The van der Waals surface area contributed by atoms with Gasteiger partial charge in [0.2, 0.25) is 0 Å². The first-order valence-corrected chi connectivity index (χ1v) is 7.72. The molecule has 106 valence electrons. The van der Waals surface area contributed by atoms with Gasteiger partial charge in [-0.05, 0) is 37.3 Å². The highest BCUT2D eigenvalue weighted by Crippen LogP contribution is 2.21. The molecule has 0 aliphatic heterocycles. The van der Waals surface area contributed by atoms with Gasteiger partial charge in [0.05, 0.1) is 11.4 Å². The van der Waals surface area contributed by atoms with E-state index in [0.717, 1.165) is 23.4 Å². The lowest BCUT2D eigenvalue weighted by Crippen LogP contribution is -2.07. The van der Waals surface area contributed by atoms with E-state index in [0.29, 0.717) is 12.1 Å². The minimum Gasteiger partial charge on any atom is -0.476 e. The molecule has 0 saturated heterocycles. The molecule has 0 amide bonds. The predicted molar refractivity (Wildman–Crippen MR) is 78.7 cm³/mol. The Morgan fingerprint density at radius 3 is 2.90 bits per heavy atom. The van der Waals surface area contributed by atoms with Crippen LogP contribution in [0, 0.1) is 0 Å². The van der Waals surface area contributed by atoms with Crippen LogP contribution < -0.4 is 0 Å². The fourth-order valence-electron chi connectivity index (χ4n) is 1.99. The molecule has 1 aromatic carbocycles. The summed E-state index contributed by atoms with van der Waals surface area (Å²) in [7, 11) is 0. The second-order valence-electron chi connectivity index (χ2n) is 4.41. The molecular formula is C14H17N3O2S. The number of carbonyl (C=O) groups is 1. The van der Waals surface area contributed by atoms with Crippen molar-refractivity contribution in [2.75, 3.05) is 6.26 Å². The van der Waals surface area contributed by atoms with Crippen molar-refractivity contribution in [1.29, 1.82) is 0 Å². The first-order chi connectivity index (χ1) is 9.67. The molecule has 0 bridgehead atoms. The number of aromatic nitrogens is 3. The first-order valence-electron chi connectivity index (χ1n) is 6.49. The number of carboxylic acid groups (broad SMARTS) is 1. The molecule has 2 aromatic rings. The van der Waals surface area contributed by atoms with Crippen LogP contribution in [-0.4, -0.2) is 32.3 Å². The van der Waals surface area contributed by atoms with Crippen LogP contribution in [0.4, 0.5) is 0 Å². The molecule has 0 radical (unpaired) electrons. The lowest BCUT2D eigenvalue weighted by atomic mass is 10.1. The zero-order chi connectivity index (χ0) is 14.5. The maximum absolute atomic E-state index is 11.2. The van der Waals surface area contributed by atoms with Crippen LogP contribution in [0.2, 0.25) is 0 Å². The number of aromatic carboxylic acids is 1. The van der Waals surface area contributed by atoms with Crippen LogP contribution in [0.5, 0.6) is 0 Å². The molecule has 0 atom stereocenters. The van der Waals surface area contributed by atoms with E-state index in [1.165, 1.54) is 0 Å². The molecular weight excluding hydrogens is 274 g/mol. The number of hydrogen-bond acceptors (Lipinski definition) is 4. The van der Waals surface area contributed by atoms with Gasteiger partial charge in [0.1, 0.15) is 0 Å². The molecule has 6 heteroatoms. The SMILES string of the molecule is CCCCc1c(C(=O)O)nnn1-c1cccc(SC)c1. The Hall–Kier alpha value is -1.82. The summed E-state index contributed by atoms with van der Waals surface area (Å²) in [5.74, 6) is -1.02. The van der Waals surface area contributed by atoms with Crippen LogP contribution in [-0.2, 0) is 6.42 Å². The average molecular weight is 291 g/mol. The number of thioether (sulfide) groups is 1. The minimum absolute atomic E-state index is 0.0491. The number of unbranched alkanes of at least 4 members (excludes halogenated alkanes) is 1. The second-order valence-corrected chi connectivity index (χ2v) is 5.29. The summed E-state index contributed by atoms with van der Waals surface area (Å²) >= 11 is 1.64. The lowest BCUT2D eigenvalue weighted by molar-refractivity contribution is 0.0689. The van der Waals surface area contributed by atoms with E-state index >= 15 is 0 Å². The largest absolute Gasteiger partial charge is 0.476 e. The lowest BCUT2D eigenvalue weighted by Gasteiger charge is -2.07. The van der Waals surface area contributed by atoms with Crippen molar-refractivity contribution in [2.24, 2.45) is 0 Å². The van der Waals surface area contributed by atoms with Crippen molar-refractivity contribution in [3.05, 3.63) is 35.7 Å². The van der Waals surface area contributed by atoms with Gasteiger partial charge in [-0.15, -0.1) is 16.9 Å². The summed E-state index contributed by atoms with van der Waals surface area (Å²) in [5.41, 5.74) is 1.56. The molecule has 0 aliphatic carbocycles. The van der Waals surface area contributed by atoms with Crippen molar-refractivity contribution in [3.8, 4) is 5.69 Å². The Balaban J connectivity index is 2.46. The van der Waals surface area contributed by atoms with Crippen LogP contribution in [0.3, 0.4) is 0 Å². The number of benzene rings is 1. The maximum atomic E-state index is 11.2. The zero-order valence-corrected chi connectivity index (χ0v) is 12.4. The quantitative estimate of drug-likeness (QED) is 0.829. The van der Waals surface area contributed by atoms with E-state index in [1.54, 1.807) is 16.4 Å². The maximum Gasteiger partial charge on any atom is 0.358 e. The number of rotatable bonds is 6. The number of carboxylic acids is 1. The van der Waals surface area contributed by atoms with Gasteiger partial charge in [0.25, 0.3) is 0 Å². The summed E-state index contributed by atoms with van der Waals surface area (Å²) in [6, 6.07) is 7.84. The summed E-state index contributed by atoms with van der Waals surface area (Å²) < 4.78 is 1.64. The average Bonchev–Trinajstić information content (AvgIpc) is 2.89. The number of nitrogens with zero attached hydrogens (tertiary/aromatic N) is 3. The van der Waals surface area contributed by atoms with Crippen LogP contribution >= 0.6 is 11.8 Å². The molecule has 20 heavy (non-hydrogen) atoms. The highest BCUT2D eigenvalue weighted by molar-refractivity contribution is 7.98. The van der Waals surface area contributed by atoms with E-state index in [1.807, 2.05) is 30.5 Å². The summed E-state index contributed by atoms with van der Waals surface area (Å²) in [6.45, 7) is 2.07. The summed E-state index contributed by atoms with van der Waals surface area (Å²) in [5, 5.41) is 17.0. The van der Waals surface area contributed by atoms with E-state index in [4.69, 9.17) is 0 Å². The van der Waals surface area contributed by atoms with Crippen molar-refractivity contribution in [1.82, 2.24) is 15.0 Å². The van der Waals surface area contributed by atoms with Crippen molar-refractivity contribution in [3.63, 3.8) is 0 Å². The van der Waals surface area contributed by atoms with Crippen LogP contribution in [0.1, 0.15) is 35.9 Å². The van der Waals surface area contributed by atoms with Gasteiger partial charge < -0.3 is 5.11 Å². The van der Waals surface area contributed by atoms with Crippen LogP contribution in [0.15, 0.2) is 29.2 Å². The topological polar surface area (TPSA) is 68.0 Å². The standard InChI is InChI=1S/C14H17N3O2S/c1-3-4-8-12-13(14(18)19)15-16-17(12)10-6-5-7-11(9-10)20-2/h5-7,9H,3-4,8H2,1-2H3,(H,18,19). The summed E-state index contributed by atoms with van der Waals surface area (Å²) in [6.07, 6.45) is 4.57. The van der Waals surface area contributed by atoms with E-state index in [2.05, 4.69) is 17.2 Å². The Bertz CT molecular complexity index is 610. The summed E-state index contributed by atoms with van der Waals surface area (Å²) in [4.78, 5) is 12.3. The molecule has 0 spiro atoms. The highest BCUT2D eigenvalue weighted by atomic mass is 32.2. The molecule has 0 saturated carbocycles. The van der Waals surface area contributed by atoms with Gasteiger partial charge in [-0.1, -0.05) is 24.6 Å². The van der Waals surface area contributed by atoms with Gasteiger partial charge in [0.15, 0.2) is 5.69 Å². The Labute approximate surface area is 122 Å². The Kier molecular flexibility index (Phi) is 4.79. The molecule has 2 rings (SSSR count). The van der Waals surface area contributed by atoms with Gasteiger partial charge in [-0.25, -0.2) is 9.48 Å². The Morgan fingerprint density at radius 2 is 2.25 bits per heavy atom. The van der Waals surface area contributed by atoms with E-state index in [9.17, 15) is 9.90 Å². The molecule has 1 N–H and O–H groups in total. The monoisotopic (exact) mass is 291 g/mol.